The van der Waals surface area contributed by atoms with E-state index in [1.165, 1.54) is 0 Å². The Hall–Kier alpha value is -2.33. The van der Waals surface area contributed by atoms with Crippen LogP contribution in [0.15, 0.2) is 54.6 Å². The van der Waals surface area contributed by atoms with Crippen molar-refractivity contribution >= 4 is 5.91 Å². The molecule has 25 heavy (non-hydrogen) atoms. The van der Waals surface area contributed by atoms with Gasteiger partial charge in [0.05, 0.1) is 6.10 Å². The maximum absolute atomic E-state index is 12.4. The number of phenolic OH excluding ortho intramolecular Hbond substituents is 1. The number of carbonyl (C=O) groups is 1. The summed E-state index contributed by atoms with van der Waals surface area (Å²) >= 11 is 0. The molecule has 1 unspecified atom stereocenters. The highest BCUT2D eigenvalue weighted by molar-refractivity contribution is 5.76. The molecule has 2 aromatic rings. The molecule has 0 radical (unpaired) electrons. The van der Waals surface area contributed by atoms with Crippen molar-refractivity contribution in [3.63, 3.8) is 0 Å². The molecule has 1 fully saturated rings. The molecule has 0 aromatic heterocycles. The Kier molecular flexibility index (Phi) is 5.71. The summed E-state index contributed by atoms with van der Waals surface area (Å²) in [6, 6.07) is 16.9. The van der Waals surface area contributed by atoms with Crippen molar-refractivity contribution in [1.29, 1.82) is 0 Å². The van der Waals surface area contributed by atoms with Crippen LogP contribution in [0.25, 0.3) is 0 Å². The van der Waals surface area contributed by atoms with Gasteiger partial charge in [0.15, 0.2) is 0 Å². The second-order valence-electron chi connectivity index (χ2n) is 6.70. The predicted molar refractivity (Wildman–Crippen MR) is 97.1 cm³/mol. The van der Waals surface area contributed by atoms with Gasteiger partial charge in [-0.05, 0) is 42.4 Å². The molecular weight excluding hydrogens is 314 g/mol. The van der Waals surface area contributed by atoms with Crippen molar-refractivity contribution in [2.24, 2.45) is 5.92 Å². The third-order valence-electron chi connectivity index (χ3n) is 5.08. The van der Waals surface area contributed by atoms with E-state index in [0.29, 0.717) is 25.9 Å². The number of benzene rings is 2. The van der Waals surface area contributed by atoms with Crippen LogP contribution in [0.3, 0.4) is 0 Å². The van der Waals surface area contributed by atoms with E-state index in [1.807, 2.05) is 47.4 Å². The van der Waals surface area contributed by atoms with E-state index in [-0.39, 0.29) is 17.6 Å². The summed E-state index contributed by atoms with van der Waals surface area (Å²) in [4.78, 5) is 14.3. The number of aliphatic hydroxyl groups is 1. The molecule has 1 heterocycles. The fraction of sp³-hybridized carbons (Fsp3) is 0.381. The predicted octanol–water partition coefficient (Wildman–Crippen LogP) is 3.30. The molecule has 2 N–H and O–H groups in total. The second-order valence-corrected chi connectivity index (χ2v) is 6.70. The van der Waals surface area contributed by atoms with E-state index in [9.17, 15) is 15.0 Å². The van der Waals surface area contributed by atoms with Crippen LogP contribution < -0.4 is 0 Å². The van der Waals surface area contributed by atoms with Crippen molar-refractivity contribution in [2.75, 3.05) is 13.1 Å². The lowest BCUT2D eigenvalue weighted by Gasteiger charge is -2.34. The number of nitrogens with zero attached hydrogens (tertiary/aromatic N) is 1. The lowest BCUT2D eigenvalue weighted by atomic mass is 9.87. The summed E-state index contributed by atoms with van der Waals surface area (Å²) in [5.74, 6) is 0.570. The number of aromatic hydroxyl groups is 1. The SMILES string of the molecule is O=C(CCc1ccccc1O)N1CCC(C(O)c2ccccc2)CC1. The highest BCUT2D eigenvalue weighted by Gasteiger charge is 2.28. The topological polar surface area (TPSA) is 60.8 Å². The van der Waals surface area contributed by atoms with E-state index >= 15 is 0 Å². The minimum absolute atomic E-state index is 0.121. The van der Waals surface area contributed by atoms with E-state index in [4.69, 9.17) is 0 Å². The number of rotatable bonds is 5. The largest absolute Gasteiger partial charge is 0.508 e. The first kappa shape index (κ1) is 17.5. The number of likely N-dealkylation sites (tertiary alicyclic amines) is 1. The number of piperidine rings is 1. The summed E-state index contributed by atoms with van der Waals surface area (Å²) in [7, 11) is 0. The van der Waals surface area contributed by atoms with Crippen LogP contribution in [0.1, 0.15) is 36.5 Å². The molecule has 2 aromatic carbocycles. The fourth-order valence-corrected chi connectivity index (χ4v) is 3.51. The lowest BCUT2D eigenvalue weighted by Crippen LogP contribution is -2.39. The van der Waals surface area contributed by atoms with Crippen molar-refractivity contribution in [3.8, 4) is 5.75 Å². The van der Waals surface area contributed by atoms with Crippen LogP contribution in [-0.4, -0.2) is 34.1 Å². The molecule has 1 saturated heterocycles. The minimum atomic E-state index is -0.459. The van der Waals surface area contributed by atoms with Gasteiger partial charge in [-0.15, -0.1) is 0 Å². The van der Waals surface area contributed by atoms with Crippen molar-refractivity contribution in [1.82, 2.24) is 4.90 Å². The highest BCUT2D eigenvalue weighted by Crippen LogP contribution is 2.31. The van der Waals surface area contributed by atoms with Gasteiger partial charge in [-0.25, -0.2) is 0 Å². The quantitative estimate of drug-likeness (QED) is 0.879. The Morgan fingerprint density at radius 2 is 1.68 bits per heavy atom. The third kappa shape index (κ3) is 4.40. The Balaban J connectivity index is 1.48. The average Bonchev–Trinajstić information content (AvgIpc) is 2.67. The number of para-hydroxylation sites is 1. The summed E-state index contributed by atoms with van der Waals surface area (Å²) in [5, 5.41) is 20.3. The molecule has 132 valence electrons. The summed E-state index contributed by atoms with van der Waals surface area (Å²) in [6.45, 7) is 1.38. The van der Waals surface area contributed by atoms with E-state index in [0.717, 1.165) is 24.0 Å². The van der Waals surface area contributed by atoms with Gasteiger partial charge in [0.1, 0.15) is 5.75 Å². The standard InChI is InChI=1S/C21H25NO3/c23-19-9-5-4-6-16(19)10-11-20(24)22-14-12-18(13-15-22)21(25)17-7-2-1-3-8-17/h1-9,18,21,23,25H,10-15H2. The van der Waals surface area contributed by atoms with Crippen LogP contribution in [0.5, 0.6) is 5.75 Å². The lowest BCUT2D eigenvalue weighted by molar-refractivity contribution is -0.133. The smallest absolute Gasteiger partial charge is 0.222 e. The first-order valence-electron chi connectivity index (χ1n) is 8.93. The normalized spacial score (nSPS) is 16.6. The second kappa shape index (κ2) is 8.17. The van der Waals surface area contributed by atoms with Gasteiger partial charge in [0.25, 0.3) is 0 Å². The molecule has 0 aliphatic carbocycles. The van der Waals surface area contributed by atoms with Crippen LogP contribution >= 0.6 is 0 Å². The summed E-state index contributed by atoms with van der Waals surface area (Å²) in [6.07, 6.45) is 2.14. The highest BCUT2D eigenvalue weighted by atomic mass is 16.3. The van der Waals surface area contributed by atoms with Crippen LogP contribution in [-0.2, 0) is 11.2 Å². The van der Waals surface area contributed by atoms with E-state index in [1.54, 1.807) is 12.1 Å². The number of amides is 1. The Bertz CT molecular complexity index is 693. The van der Waals surface area contributed by atoms with E-state index < -0.39 is 6.10 Å². The van der Waals surface area contributed by atoms with Gasteiger partial charge in [-0.1, -0.05) is 48.5 Å². The maximum Gasteiger partial charge on any atom is 0.222 e. The number of phenols is 1. The Labute approximate surface area is 148 Å². The van der Waals surface area contributed by atoms with Crippen molar-refractivity contribution in [3.05, 3.63) is 65.7 Å². The molecule has 4 heteroatoms. The summed E-state index contributed by atoms with van der Waals surface area (Å²) in [5.41, 5.74) is 1.76. The number of hydrogen-bond donors (Lipinski definition) is 2. The van der Waals surface area contributed by atoms with Gasteiger partial charge < -0.3 is 15.1 Å². The van der Waals surface area contributed by atoms with Crippen molar-refractivity contribution < 1.29 is 15.0 Å². The Morgan fingerprint density at radius 3 is 2.36 bits per heavy atom. The summed E-state index contributed by atoms with van der Waals surface area (Å²) < 4.78 is 0. The van der Waals surface area contributed by atoms with E-state index in [2.05, 4.69) is 0 Å². The molecule has 3 rings (SSSR count). The van der Waals surface area contributed by atoms with Crippen LogP contribution in [0.2, 0.25) is 0 Å². The molecule has 1 aliphatic rings. The fourth-order valence-electron chi connectivity index (χ4n) is 3.51. The first-order valence-corrected chi connectivity index (χ1v) is 8.93. The first-order chi connectivity index (χ1) is 12.1. The molecular formula is C21H25NO3. The van der Waals surface area contributed by atoms with Gasteiger partial charge in [0, 0.05) is 19.5 Å². The Morgan fingerprint density at radius 1 is 1.04 bits per heavy atom. The maximum atomic E-state index is 12.4. The van der Waals surface area contributed by atoms with Crippen LogP contribution in [0.4, 0.5) is 0 Å². The van der Waals surface area contributed by atoms with Gasteiger partial charge in [-0.3, -0.25) is 4.79 Å². The molecule has 0 bridgehead atoms. The zero-order valence-corrected chi connectivity index (χ0v) is 14.3. The average molecular weight is 339 g/mol. The number of hydrogen-bond acceptors (Lipinski definition) is 3. The number of aliphatic hydroxyl groups excluding tert-OH is 1. The zero-order valence-electron chi connectivity index (χ0n) is 14.3. The molecule has 1 amide bonds. The van der Waals surface area contributed by atoms with Crippen LogP contribution in [0, 0.1) is 5.92 Å². The minimum Gasteiger partial charge on any atom is -0.508 e. The van der Waals surface area contributed by atoms with Gasteiger partial charge in [-0.2, -0.15) is 0 Å². The number of aryl methyl sites for hydroxylation is 1. The molecule has 1 aliphatic heterocycles. The van der Waals surface area contributed by atoms with Gasteiger partial charge in [0.2, 0.25) is 5.91 Å². The van der Waals surface area contributed by atoms with Crippen molar-refractivity contribution in [2.45, 2.75) is 31.8 Å². The molecule has 0 spiro atoms. The molecule has 0 saturated carbocycles. The molecule has 4 nitrogen and oxygen atoms in total. The monoisotopic (exact) mass is 339 g/mol. The number of carbonyl (C=O) groups excluding carboxylic acids is 1. The van der Waals surface area contributed by atoms with Gasteiger partial charge >= 0.3 is 0 Å². The molecule has 1 atom stereocenters. The third-order valence-corrected chi connectivity index (χ3v) is 5.08. The zero-order chi connectivity index (χ0) is 17.6.